The summed E-state index contributed by atoms with van der Waals surface area (Å²) in [4.78, 5) is 12.4. The van der Waals surface area contributed by atoms with Crippen LogP contribution in [0.15, 0.2) is 36.4 Å². The van der Waals surface area contributed by atoms with Crippen molar-refractivity contribution in [3.63, 3.8) is 0 Å². The van der Waals surface area contributed by atoms with Crippen molar-refractivity contribution in [1.29, 1.82) is 0 Å². The van der Waals surface area contributed by atoms with E-state index in [9.17, 15) is 15.0 Å². The summed E-state index contributed by atoms with van der Waals surface area (Å²) in [6.07, 6.45) is 1.00. The van der Waals surface area contributed by atoms with Gasteiger partial charge in [0.05, 0.1) is 0 Å². The van der Waals surface area contributed by atoms with Crippen LogP contribution in [0.2, 0.25) is 0 Å². The molecule has 4 nitrogen and oxygen atoms in total. The van der Waals surface area contributed by atoms with Crippen LogP contribution in [0, 0.1) is 0 Å². The summed E-state index contributed by atoms with van der Waals surface area (Å²) in [5.74, 6) is -0.655. The van der Waals surface area contributed by atoms with Crippen LogP contribution in [0.25, 0.3) is 0 Å². The fraction of sp³-hybridized carbons (Fsp3) is 0.312. The Morgan fingerprint density at radius 2 is 2.05 bits per heavy atom. The van der Waals surface area contributed by atoms with E-state index < -0.39 is 12.1 Å². The highest BCUT2D eigenvalue weighted by molar-refractivity contribution is 7.14. The molecule has 0 radical (unpaired) electrons. The molecule has 0 bridgehead atoms. The van der Waals surface area contributed by atoms with Crippen LogP contribution in [0.5, 0.6) is 5.75 Å². The van der Waals surface area contributed by atoms with Crippen molar-refractivity contribution in [3.8, 4) is 5.75 Å². The van der Waals surface area contributed by atoms with Crippen molar-refractivity contribution in [1.82, 2.24) is 0 Å². The molecule has 1 heterocycles. The second-order valence-corrected chi connectivity index (χ2v) is 5.84. The number of carboxylic acid groups (broad SMARTS) is 1. The van der Waals surface area contributed by atoms with E-state index in [2.05, 4.69) is 0 Å². The lowest BCUT2D eigenvalue weighted by molar-refractivity contribution is 0.0689. The number of carboxylic acids is 1. The predicted molar refractivity (Wildman–Crippen MR) is 82.2 cm³/mol. The molecule has 5 heteroatoms. The lowest BCUT2D eigenvalue weighted by Gasteiger charge is -2.12. The molecule has 1 atom stereocenters. The zero-order chi connectivity index (χ0) is 15.2. The molecular weight excluding hydrogens is 288 g/mol. The van der Waals surface area contributed by atoms with Gasteiger partial charge in [0.1, 0.15) is 18.5 Å². The first kappa shape index (κ1) is 15.5. The number of rotatable bonds is 7. The number of hydrogen-bond acceptors (Lipinski definition) is 4. The zero-order valence-corrected chi connectivity index (χ0v) is 12.6. The van der Waals surface area contributed by atoms with Gasteiger partial charge in [0.25, 0.3) is 0 Å². The predicted octanol–water partition coefficient (Wildman–Crippen LogP) is 3.51. The Hall–Kier alpha value is -1.85. The molecule has 112 valence electrons. The molecule has 1 aromatic carbocycles. The van der Waals surface area contributed by atoms with Crippen molar-refractivity contribution in [2.75, 3.05) is 6.61 Å². The number of aromatic carboxylic acids is 1. The third kappa shape index (κ3) is 4.06. The van der Waals surface area contributed by atoms with Crippen LogP contribution in [-0.4, -0.2) is 22.8 Å². The van der Waals surface area contributed by atoms with E-state index in [4.69, 9.17) is 4.74 Å². The fourth-order valence-electron chi connectivity index (χ4n) is 1.99. The summed E-state index contributed by atoms with van der Waals surface area (Å²) in [6.45, 7) is 2.08. The number of hydrogen-bond donors (Lipinski definition) is 2. The normalized spacial score (nSPS) is 12.1. The Morgan fingerprint density at radius 1 is 1.33 bits per heavy atom. The van der Waals surface area contributed by atoms with Gasteiger partial charge in [-0.25, -0.2) is 4.79 Å². The number of aliphatic hydroxyl groups excluding tert-OH is 1. The maximum absolute atomic E-state index is 11.2. The first-order valence-corrected chi connectivity index (χ1v) is 7.65. The molecule has 2 aromatic rings. The van der Waals surface area contributed by atoms with E-state index in [0.717, 1.165) is 23.3 Å². The van der Waals surface area contributed by atoms with Crippen LogP contribution < -0.4 is 4.74 Å². The zero-order valence-electron chi connectivity index (χ0n) is 11.8. The molecule has 21 heavy (non-hydrogen) atoms. The molecule has 1 unspecified atom stereocenters. The summed E-state index contributed by atoms with van der Waals surface area (Å²) in [5, 5.41) is 19.2. The lowest BCUT2D eigenvalue weighted by atomic mass is 10.1. The van der Waals surface area contributed by atoms with Gasteiger partial charge in [-0.15, -0.1) is 11.3 Å². The molecule has 0 fully saturated rings. The number of aliphatic hydroxyl groups is 1. The SMILES string of the molecule is CCCc1cc(OCC(O)c2ccccc2)c(C(=O)O)s1. The molecule has 2 N–H and O–H groups in total. The van der Waals surface area contributed by atoms with Gasteiger partial charge in [0.15, 0.2) is 4.88 Å². The highest BCUT2D eigenvalue weighted by Gasteiger charge is 2.18. The van der Waals surface area contributed by atoms with E-state index in [1.54, 1.807) is 6.07 Å². The molecule has 0 spiro atoms. The summed E-state index contributed by atoms with van der Waals surface area (Å²) in [7, 11) is 0. The van der Waals surface area contributed by atoms with E-state index >= 15 is 0 Å². The molecule has 2 rings (SSSR count). The highest BCUT2D eigenvalue weighted by atomic mass is 32.1. The van der Waals surface area contributed by atoms with Gasteiger partial charge in [0.2, 0.25) is 0 Å². The average molecular weight is 306 g/mol. The van der Waals surface area contributed by atoms with Gasteiger partial charge in [-0.05, 0) is 18.1 Å². The number of aryl methyl sites for hydroxylation is 1. The first-order valence-electron chi connectivity index (χ1n) is 6.83. The minimum Gasteiger partial charge on any atom is -0.489 e. The van der Waals surface area contributed by atoms with Gasteiger partial charge in [-0.2, -0.15) is 0 Å². The second-order valence-electron chi connectivity index (χ2n) is 4.70. The molecule has 0 aliphatic rings. The molecule has 1 aromatic heterocycles. The number of benzene rings is 1. The average Bonchev–Trinajstić information content (AvgIpc) is 2.89. The number of carbonyl (C=O) groups is 1. The Bertz CT molecular complexity index is 592. The smallest absolute Gasteiger partial charge is 0.349 e. The van der Waals surface area contributed by atoms with Crippen molar-refractivity contribution in [2.24, 2.45) is 0 Å². The van der Waals surface area contributed by atoms with Gasteiger partial charge in [0, 0.05) is 4.88 Å². The van der Waals surface area contributed by atoms with Crippen molar-refractivity contribution < 1.29 is 19.7 Å². The van der Waals surface area contributed by atoms with Crippen molar-refractivity contribution >= 4 is 17.3 Å². The first-order chi connectivity index (χ1) is 10.1. The highest BCUT2D eigenvalue weighted by Crippen LogP contribution is 2.31. The summed E-state index contributed by atoms with van der Waals surface area (Å²) >= 11 is 1.23. The Labute approximate surface area is 127 Å². The second kappa shape index (κ2) is 7.24. The van der Waals surface area contributed by atoms with Crippen LogP contribution in [0.1, 0.15) is 39.6 Å². The lowest BCUT2D eigenvalue weighted by Crippen LogP contribution is -2.10. The minimum absolute atomic E-state index is 0.0343. The third-order valence-electron chi connectivity index (χ3n) is 3.02. The van der Waals surface area contributed by atoms with E-state index in [-0.39, 0.29) is 11.5 Å². The Kier molecular flexibility index (Phi) is 5.36. The van der Waals surface area contributed by atoms with Crippen LogP contribution >= 0.6 is 11.3 Å². The maximum Gasteiger partial charge on any atom is 0.349 e. The van der Waals surface area contributed by atoms with Gasteiger partial charge < -0.3 is 14.9 Å². The largest absolute Gasteiger partial charge is 0.489 e. The number of thiophene rings is 1. The van der Waals surface area contributed by atoms with Crippen molar-refractivity contribution in [3.05, 3.63) is 51.7 Å². The molecule has 0 saturated heterocycles. The molecule has 0 amide bonds. The molecular formula is C16H18O4S. The topological polar surface area (TPSA) is 66.8 Å². The Morgan fingerprint density at radius 3 is 2.67 bits per heavy atom. The maximum atomic E-state index is 11.2. The van der Waals surface area contributed by atoms with Crippen molar-refractivity contribution in [2.45, 2.75) is 25.9 Å². The van der Waals surface area contributed by atoms with Gasteiger partial charge in [-0.3, -0.25) is 0 Å². The van der Waals surface area contributed by atoms with Gasteiger partial charge in [-0.1, -0.05) is 43.7 Å². The quantitative estimate of drug-likeness (QED) is 0.821. The Balaban J connectivity index is 2.07. The minimum atomic E-state index is -0.994. The van der Waals surface area contributed by atoms with Crippen LogP contribution in [0.4, 0.5) is 0 Å². The van der Waals surface area contributed by atoms with Crippen LogP contribution in [-0.2, 0) is 6.42 Å². The van der Waals surface area contributed by atoms with Gasteiger partial charge >= 0.3 is 5.97 Å². The standard InChI is InChI=1S/C16H18O4S/c1-2-6-12-9-14(15(21-12)16(18)19)20-10-13(17)11-7-4-3-5-8-11/h3-5,7-9,13,17H,2,6,10H2,1H3,(H,18,19). The van der Waals surface area contributed by atoms with E-state index in [1.165, 1.54) is 11.3 Å². The monoisotopic (exact) mass is 306 g/mol. The molecule has 0 saturated carbocycles. The van der Waals surface area contributed by atoms with Crippen LogP contribution in [0.3, 0.4) is 0 Å². The summed E-state index contributed by atoms with van der Waals surface area (Å²) in [5.41, 5.74) is 0.749. The third-order valence-corrected chi connectivity index (χ3v) is 4.18. The number of ether oxygens (including phenoxy) is 1. The molecule has 0 aliphatic heterocycles. The molecule has 0 aliphatic carbocycles. The summed E-state index contributed by atoms with van der Waals surface area (Å²) < 4.78 is 5.52. The van der Waals surface area contributed by atoms with E-state index in [0.29, 0.717) is 5.75 Å². The fourth-order valence-corrected chi connectivity index (χ4v) is 3.03. The van der Waals surface area contributed by atoms with E-state index in [1.807, 2.05) is 37.3 Å². The summed E-state index contributed by atoms with van der Waals surface area (Å²) in [6, 6.07) is 10.9.